The number of carbonyl (C=O) groups is 1. The summed E-state index contributed by atoms with van der Waals surface area (Å²) < 4.78 is 11.3. The van der Waals surface area contributed by atoms with Gasteiger partial charge in [-0.25, -0.2) is 0 Å². The number of benzene rings is 1. The highest BCUT2D eigenvalue weighted by Gasteiger charge is 2.41. The summed E-state index contributed by atoms with van der Waals surface area (Å²) >= 11 is 0. The van der Waals surface area contributed by atoms with E-state index in [0.29, 0.717) is 18.4 Å². The highest BCUT2D eigenvalue weighted by atomic mass is 16.5. The first-order valence-electron chi connectivity index (χ1n) is 8.54. The van der Waals surface area contributed by atoms with E-state index in [2.05, 4.69) is 26.1 Å². The van der Waals surface area contributed by atoms with Gasteiger partial charge in [0.25, 0.3) is 5.91 Å². The Kier molecular flexibility index (Phi) is 6.05. The Labute approximate surface area is 139 Å². The van der Waals surface area contributed by atoms with Crippen LogP contribution in [0.2, 0.25) is 0 Å². The number of carbonyl (C=O) groups excluding carboxylic acids is 1. The maximum atomic E-state index is 12.7. The Balaban J connectivity index is 1.98. The Morgan fingerprint density at radius 2 is 2.04 bits per heavy atom. The quantitative estimate of drug-likeness (QED) is 0.852. The molecule has 1 aliphatic rings. The molecule has 0 unspecified atom stereocenters. The second kappa shape index (κ2) is 7.82. The monoisotopic (exact) mass is 319 g/mol. The van der Waals surface area contributed by atoms with E-state index >= 15 is 0 Å². The second-order valence-electron chi connectivity index (χ2n) is 7.08. The number of amides is 1. The molecule has 2 rings (SSSR count). The van der Waals surface area contributed by atoms with E-state index in [1.54, 1.807) is 7.11 Å². The first kappa shape index (κ1) is 17.8. The third-order valence-electron chi connectivity index (χ3n) is 4.46. The van der Waals surface area contributed by atoms with Crippen LogP contribution in [0.5, 0.6) is 5.75 Å². The molecule has 2 atom stereocenters. The Morgan fingerprint density at radius 1 is 1.35 bits per heavy atom. The molecule has 128 valence electrons. The van der Waals surface area contributed by atoms with Gasteiger partial charge in [0, 0.05) is 12.8 Å². The van der Waals surface area contributed by atoms with Gasteiger partial charge in [0.1, 0.15) is 11.4 Å². The molecule has 1 aliphatic carbocycles. The lowest BCUT2D eigenvalue weighted by Crippen LogP contribution is -2.47. The number of nitrogens with one attached hydrogen (secondary N) is 1. The van der Waals surface area contributed by atoms with Crippen LogP contribution in [0, 0.1) is 11.8 Å². The molecular formula is C19H29NO3. The molecule has 1 aromatic carbocycles. The molecule has 0 radical (unpaired) electrons. The molecule has 4 nitrogen and oxygen atoms in total. The summed E-state index contributed by atoms with van der Waals surface area (Å²) in [7, 11) is 1.64. The normalized spacial score (nSPS) is 24.5. The zero-order valence-corrected chi connectivity index (χ0v) is 14.7. The van der Waals surface area contributed by atoms with E-state index < -0.39 is 5.60 Å². The van der Waals surface area contributed by atoms with Gasteiger partial charge >= 0.3 is 0 Å². The third kappa shape index (κ3) is 4.71. The average molecular weight is 319 g/mol. The summed E-state index contributed by atoms with van der Waals surface area (Å²) in [6.45, 7) is 7.10. The van der Waals surface area contributed by atoms with Gasteiger partial charge in [-0.05, 0) is 55.4 Å². The first-order valence-corrected chi connectivity index (χ1v) is 8.54. The highest BCUT2D eigenvalue weighted by molar-refractivity contribution is 5.97. The molecular weight excluding hydrogens is 290 g/mol. The zero-order chi connectivity index (χ0) is 16.9. The van der Waals surface area contributed by atoms with Crippen molar-refractivity contribution in [1.29, 1.82) is 0 Å². The second-order valence-corrected chi connectivity index (χ2v) is 7.08. The average Bonchev–Trinajstić information content (AvgIpc) is 2.54. The van der Waals surface area contributed by atoms with Gasteiger partial charge in [-0.2, -0.15) is 0 Å². The fraction of sp³-hybridized carbons (Fsp3) is 0.632. The lowest BCUT2D eigenvalue weighted by molar-refractivity contribution is -0.143. The van der Waals surface area contributed by atoms with Crippen LogP contribution in [0.4, 0.5) is 5.69 Å². The van der Waals surface area contributed by atoms with E-state index in [-0.39, 0.29) is 5.91 Å². The van der Waals surface area contributed by atoms with Crippen molar-refractivity contribution >= 4 is 11.6 Å². The Morgan fingerprint density at radius 3 is 2.61 bits per heavy atom. The molecule has 0 spiro atoms. The molecule has 1 amide bonds. The van der Waals surface area contributed by atoms with Crippen LogP contribution in [-0.4, -0.2) is 25.2 Å². The summed E-state index contributed by atoms with van der Waals surface area (Å²) in [5.74, 6) is 1.79. The number of anilines is 1. The largest absolute Gasteiger partial charge is 0.493 e. The van der Waals surface area contributed by atoms with Crippen LogP contribution >= 0.6 is 0 Å². The summed E-state index contributed by atoms with van der Waals surface area (Å²) in [5.41, 5.74) is 0.0892. The first-order chi connectivity index (χ1) is 10.9. The van der Waals surface area contributed by atoms with Gasteiger partial charge in [-0.1, -0.05) is 27.2 Å². The minimum Gasteiger partial charge on any atom is -0.493 e. The summed E-state index contributed by atoms with van der Waals surface area (Å²) in [5, 5.41) is 3.00. The van der Waals surface area contributed by atoms with Crippen LogP contribution < -0.4 is 10.1 Å². The van der Waals surface area contributed by atoms with Crippen molar-refractivity contribution in [2.24, 2.45) is 11.8 Å². The molecule has 1 N–H and O–H groups in total. The molecule has 23 heavy (non-hydrogen) atoms. The minimum atomic E-state index is -0.690. The lowest BCUT2D eigenvalue weighted by atomic mass is 9.78. The Hall–Kier alpha value is -1.55. The van der Waals surface area contributed by atoms with Crippen molar-refractivity contribution in [2.75, 3.05) is 19.0 Å². The predicted molar refractivity (Wildman–Crippen MR) is 92.8 cm³/mol. The van der Waals surface area contributed by atoms with Crippen LogP contribution in [0.3, 0.4) is 0 Å². The summed E-state index contributed by atoms with van der Waals surface area (Å²) in [6, 6.07) is 7.54. The number of hydrogen-bond acceptors (Lipinski definition) is 3. The molecule has 1 aromatic rings. The molecule has 1 fully saturated rings. The van der Waals surface area contributed by atoms with Gasteiger partial charge in [-0.15, -0.1) is 0 Å². The van der Waals surface area contributed by atoms with Gasteiger partial charge < -0.3 is 14.8 Å². The van der Waals surface area contributed by atoms with Crippen molar-refractivity contribution in [3.63, 3.8) is 0 Å². The number of methoxy groups -OCH3 is 1. The maximum Gasteiger partial charge on any atom is 0.256 e. The third-order valence-corrected chi connectivity index (χ3v) is 4.46. The SMILES string of the molecule is CO[C@@]1(C(=O)Nc2ccc(OCC(C)C)cc2)CCC[C@H](C)C1. The van der Waals surface area contributed by atoms with Crippen LogP contribution in [-0.2, 0) is 9.53 Å². The maximum absolute atomic E-state index is 12.7. The standard InChI is InChI=1S/C19H29NO3/c1-14(2)13-23-17-9-7-16(8-10-17)20-18(21)19(22-4)11-5-6-15(3)12-19/h7-10,14-15H,5-6,11-13H2,1-4H3,(H,20,21)/t15-,19-/m0/s1. The van der Waals surface area contributed by atoms with Crippen LogP contribution in [0.25, 0.3) is 0 Å². The molecule has 1 saturated carbocycles. The molecule has 0 heterocycles. The van der Waals surface area contributed by atoms with Crippen molar-refractivity contribution in [1.82, 2.24) is 0 Å². The van der Waals surface area contributed by atoms with E-state index in [9.17, 15) is 4.79 Å². The van der Waals surface area contributed by atoms with E-state index in [1.807, 2.05) is 24.3 Å². The molecule has 0 bridgehead atoms. The molecule has 0 saturated heterocycles. The predicted octanol–water partition coefficient (Wildman–Crippen LogP) is 4.26. The smallest absolute Gasteiger partial charge is 0.256 e. The van der Waals surface area contributed by atoms with Crippen molar-refractivity contribution in [3.8, 4) is 5.75 Å². The summed E-state index contributed by atoms with van der Waals surface area (Å²) in [4.78, 5) is 12.7. The fourth-order valence-corrected chi connectivity index (χ4v) is 3.13. The van der Waals surface area contributed by atoms with Crippen molar-refractivity contribution < 1.29 is 14.3 Å². The molecule has 0 aliphatic heterocycles. The lowest BCUT2D eigenvalue weighted by Gasteiger charge is -2.37. The molecule has 4 heteroatoms. The molecule has 0 aromatic heterocycles. The van der Waals surface area contributed by atoms with Crippen LogP contribution in [0.1, 0.15) is 46.5 Å². The topological polar surface area (TPSA) is 47.6 Å². The van der Waals surface area contributed by atoms with E-state index in [4.69, 9.17) is 9.47 Å². The van der Waals surface area contributed by atoms with E-state index in [1.165, 1.54) is 6.42 Å². The van der Waals surface area contributed by atoms with Crippen LogP contribution in [0.15, 0.2) is 24.3 Å². The van der Waals surface area contributed by atoms with Gasteiger partial charge in [0.15, 0.2) is 0 Å². The highest BCUT2D eigenvalue weighted by Crippen LogP contribution is 2.35. The minimum absolute atomic E-state index is 0.0394. The van der Waals surface area contributed by atoms with Gasteiger partial charge in [0.05, 0.1) is 6.61 Å². The summed E-state index contributed by atoms with van der Waals surface area (Å²) in [6.07, 6.45) is 3.77. The number of rotatable bonds is 6. The van der Waals surface area contributed by atoms with Gasteiger partial charge in [0.2, 0.25) is 0 Å². The van der Waals surface area contributed by atoms with E-state index in [0.717, 1.165) is 30.7 Å². The van der Waals surface area contributed by atoms with Crippen molar-refractivity contribution in [3.05, 3.63) is 24.3 Å². The number of ether oxygens (including phenoxy) is 2. The van der Waals surface area contributed by atoms with Gasteiger partial charge in [-0.3, -0.25) is 4.79 Å². The number of hydrogen-bond donors (Lipinski definition) is 1. The zero-order valence-electron chi connectivity index (χ0n) is 14.7. The Bertz CT molecular complexity index is 512. The van der Waals surface area contributed by atoms with Crippen molar-refractivity contribution in [2.45, 2.75) is 52.1 Å². The fourth-order valence-electron chi connectivity index (χ4n) is 3.13.